The molecule has 2 amide bonds. The fourth-order valence-electron chi connectivity index (χ4n) is 4.64. The molecule has 2 heterocycles. The quantitative estimate of drug-likeness (QED) is 0.925. The summed E-state index contributed by atoms with van der Waals surface area (Å²) in [5, 5.41) is 3.29. The number of benzene rings is 1. The lowest BCUT2D eigenvalue weighted by Crippen LogP contribution is -2.52. The second kappa shape index (κ2) is 6.40. The fourth-order valence-corrected chi connectivity index (χ4v) is 4.64. The predicted octanol–water partition coefficient (Wildman–Crippen LogP) is 2.25. The lowest BCUT2D eigenvalue weighted by molar-refractivity contribution is 0.134. The van der Waals surface area contributed by atoms with Gasteiger partial charge in [-0.1, -0.05) is 24.3 Å². The number of hydrogen-bond acceptors (Lipinski definition) is 3. The molecule has 134 valence electrons. The van der Waals surface area contributed by atoms with Gasteiger partial charge in [-0.2, -0.15) is 0 Å². The van der Waals surface area contributed by atoms with Crippen LogP contribution in [-0.4, -0.2) is 53.0 Å². The highest BCUT2D eigenvalue weighted by Gasteiger charge is 2.56. The number of rotatable bonds is 3. The normalized spacial score (nSPS) is 26.9. The van der Waals surface area contributed by atoms with E-state index in [0.717, 1.165) is 39.1 Å². The van der Waals surface area contributed by atoms with Crippen molar-refractivity contribution in [2.24, 2.45) is 5.92 Å². The Bertz CT molecular complexity index is 801. The number of pyridine rings is 1. The first kappa shape index (κ1) is 15.8. The number of nitrogens with one attached hydrogen (secondary N) is 1. The summed E-state index contributed by atoms with van der Waals surface area (Å²) < 4.78 is 0. The first-order valence-corrected chi connectivity index (χ1v) is 9.54. The molecule has 3 atom stereocenters. The first-order valence-electron chi connectivity index (χ1n) is 9.54. The highest BCUT2D eigenvalue weighted by Crippen LogP contribution is 2.56. The summed E-state index contributed by atoms with van der Waals surface area (Å²) in [6.45, 7) is 4.39. The number of urea groups is 1. The molecule has 1 aromatic heterocycles. The van der Waals surface area contributed by atoms with Crippen molar-refractivity contribution >= 4 is 6.03 Å². The van der Waals surface area contributed by atoms with Crippen LogP contribution in [0.5, 0.6) is 0 Å². The average Bonchev–Trinajstić information content (AvgIpc) is 3.19. The molecule has 0 unspecified atom stereocenters. The van der Waals surface area contributed by atoms with E-state index in [9.17, 15) is 4.79 Å². The van der Waals surface area contributed by atoms with Gasteiger partial charge in [0.15, 0.2) is 0 Å². The number of carbonyl (C=O) groups is 1. The Labute approximate surface area is 154 Å². The maximum Gasteiger partial charge on any atom is 0.317 e. The molecular formula is C21H24N4O. The Balaban J connectivity index is 1.12. The van der Waals surface area contributed by atoms with Gasteiger partial charge in [0.2, 0.25) is 0 Å². The Morgan fingerprint density at radius 3 is 2.65 bits per heavy atom. The zero-order chi connectivity index (χ0) is 17.5. The number of amides is 2. The third kappa shape index (κ3) is 2.86. The summed E-state index contributed by atoms with van der Waals surface area (Å²) in [5.41, 5.74) is 4.20. The molecule has 2 fully saturated rings. The highest BCUT2D eigenvalue weighted by atomic mass is 16.2. The minimum absolute atomic E-state index is 0.116. The average molecular weight is 348 g/mol. The number of fused-ring (bicyclic) bond motifs is 3. The topological polar surface area (TPSA) is 48.5 Å². The molecule has 1 aromatic carbocycles. The van der Waals surface area contributed by atoms with E-state index in [0.29, 0.717) is 17.9 Å². The number of aromatic nitrogens is 1. The Kier molecular flexibility index (Phi) is 3.89. The second-order valence-electron chi connectivity index (χ2n) is 7.69. The van der Waals surface area contributed by atoms with Gasteiger partial charge < -0.3 is 10.2 Å². The van der Waals surface area contributed by atoms with Crippen LogP contribution in [0, 0.1) is 5.92 Å². The van der Waals surface area contributed by atoms with Crippen LogP contribution in [0.3, 0.4) is 0 Å². The van der Waals surface area contributed by atoms with Gasteiger partial charge in [0, 0.05) is 57.1 Å². The number of piperazine rings is 1. The molecule has 1 aliphatic heterocycles. The van der Waals surface area contributed by atoms with E-state index in [1.54, 1.807) is 0 Å². The van der Waals surface area contributed by atoms with Gasteiger partial charge >= 0.3 is 6.03 Å². The molecule has 26 heavy (non-hydrogen) atoms. The summed E-state index contributed by atoms with van der Waals surface area (Å²) in [7, 11) is 0. The molecule has 2 aliphatic carbocycles. The van der Waals surface area contributed by atoms with Crippen molar-refractivity contribution in [3.8, 4) is 0 Å². The van der Waals surface area contributed by atoms with E-state index in [-0.39, 0.29) is 6.03 Å². The standard InChI is InChI=1S/C21H24N4O/c26-21(23-20-18-13-16-3-1-2-4-17(16)19(18)20)25-11-9-24(10-12-25)14-15-5-7-22-8-6-15/h1-8,18-20H,9-14H2,(H,23,26)/t18-,19+,20-/m1/s1. The zero-order valence-corrected chi connectivity index (χ0v) is 14.8. The van der Waals surface area contributed by atoms with Crippen molar-refractivity contribution < 1.29 is 4.79 Å². The molecule has 1 N–H and O–H groups in total. The van der Waals surface area contributed by atoms with Crippen molar-refractivity contribution in [2.75, 3.05) is 26.2 Å². The fraction of sp³-hybridized carbons (Fsp3) is 0.429. The van der Waals surface area contributed by atoms with Gasteiger partial charge in [-0.15, -0.1) is 0 Å². The van der Waals surface area contributed by atoms with Crippen LogP contribution >= 0.6 is 0 Å². The second-order valence-corrected chi connectivity index (χ2v) is 7.69. The number of hydrogen-bond donors (Lipinski definition) is 1. The van der Waals surface area contributed by atoms with Crippen molar-refractivity contribution in [1.29, 1.82) is 0 Å². The maximum atomic E-state index is 12.6. The molecule has 5 heteroatoms. The van der Waals surface area contributed by atoms with Gasteiger partial charge in [-0.25, -0.2) is 4.79 Å². The summed E-state index contributed by atoms with van der Waals surface area (Å²) in [5.74, 6) is 1.16. The van der Waals surface area contributed by atoms with Crippen LogP contribution in [0.25, 0.3) is 0 Å². The van der Waals surface area contributed by atoms with E-state index < -0.39 is 0 Å². The Hall–Kier alpha value is -2.40. The third-order valence-electron chi connectivity index (χ3n) is 6.14. The minimum Gasteiger partial charge on any atom is -0.334 e. The van der Waals surface area contributed by atoms with Gasteiger partial charge in [-0.3, -0.25) is 9.88 Å². The van der Waals surface area contributed by atoms with E-state index in [1.807, 2.05) is 17.3 Å². The van der Waals surface area contributed by atoms with Crippen LogP contribution in [0.1, 0.15) is 22.6 Å². The SMILES string of the molecule is O=C(N[C@@H]1[C@@H]2Cc3ccccc3[C@@H]21)N1CCN(Cc2ccncc2)CC1. The molecule has 5 nitrogen and oxygen atoms in total. The Morgan fingerprint density at radius 1 is 1.08 bits per heavy atom. The largest absolute Gasteiger partial charge is 0.334 e. The van der Waals surface area contributed by atoms with Crippen LogP contribution in [0.4, 0.5) is 4.79 Å². The molecule has 0 spiro atoms. The molecule has 1 saturated carbocycles. The van der Waals surface area contributed by atoms with Gasteiger partial charge in [-0.05, 0) is 41.2 Å². The van der Waals surface area contributed by atoms with Crippen molar-refractivity contribution in [3.63, 3.8) is 0 Å². The van der Waals surface area contributed by atoms with E-state index in [1.165, 1.54) is 16.7 Å². The molecule has 2 aromatic rings. The zero-order valence-electron chi connectivity index (χ0n) is 14.8. The highest BCUT2D eigenvalue weighted by molar-refractivity contribution is 5.75. The van der Waals surface area contributed by atoms with Gasteiger partial charge in [0.25, 0.3) is 0 Å². The molecule has 3 aliphatic rings. The van der Waals surface area contributed by atoms with Crippen LogP contribution in [0.2, 0.25) is 0 Å². The summed E-state index contributed by atoms with van der Waals surface area (Å²) >= 11 is 0. The van der Waals surface area contributed by atoms with Crippen molar-refractivity contribution in [3.05, 3.63) is 65.5 Å². The van der Waals surface area contributed by atoms with Crippen LogP contribution in [0.15, 0.2) is 48.8 Å². The minimum atomic E-state index is 0.116. The van der Waals surface area contributed by atoms with Gasteiger partial charge in [0.1, 0.15) is 0 Å². The maximum absolute atomic E-state index is 12.6. The molecular weight excluding hydrogens is 324 g/mol. The first-order chi connectivity index (χ1) is 12.8. The number of nitrogens with zero attached hydrogens (tertiary/aromatic N) is 3. The number of carbonyl (C=O) groups excluding carboxylic acids is 1. The van der Waals surface area contributed by atoms with E-state index in [2.05, 4.69) is 51.6 Å². The van der Waals surface area contributed by atoms with Gasteiger partial charge in [0.05, 0.1) is 0 Å². The molecule has 1 saturated heterocycles. The molecule has 0 bridgehead atoms. The summed E-state index contributed by atoms with van der Waals surface area (Å²) in [6.07, 6.45) is 4.79. The molecule has 5 rings (SSSR count). The van der Waals surface area contributed by atoms with Crippen LogP contribution < -0.4 is 5.32 Å². The lowest BCUT2D eigenvalue weighted by Gasteiger charge is -2.34. The van der Waals surface area contributed by atoms with E-state index in [4.69, 9.17) is 0 Å². The molecule has 0 radical (unpaired) electrons. The Morgan fingerprint density at radius 2 is 1.85 bits per heavy atom. The van der Waals surface area contributed by atoms with E-state index >= 15 is 0 Å². The lowest BCUT2D eigenvalue weighted by atomic mass is 10.1. The summed E-state index contributed by atoms with van der Waals surface area (Å²) in [6, 6.07) is 13.2. The van der Waals surface area contributed by atoms with Crippen molar-refractivity contribution in [2.45, 2.75) is 24.9 Å². The third-order valence-corrected chi connectivity index (χ3v) is 6.14. The monoisotopic (exact) mass is 348 g/mol. The predicted molar refractivity (Wildman–Crippen MR) is 99.8 cm³/mol. The summed E-state index contributed by atoms with van der Waals surface area (Å²) in [4.78, 5) is 21.1. The van der Waals surface area contributed by atoms with Crippen molar-refractivity contribution in [1.82, 2.24) is 20.1 Å². The van der Waals surface area contributed by atoms with Crippen LogP contribution in [-0.2, 0) is 13.0 Å². The smallest absolute Gasteiger partial charge is 0.317 e.